The van der Waals surface area contributed by atoms with Crippen molar-refractivity contribution in [2.45, 2.75) is 65.4 Å². The molecular weight excluding hydrogens is 198 g/mol. The first-order valence-electron chi connectivity index (χ1n) is 7.05. The average Bonchev–Trinajstić information content (AvgIpc) is 2.35. The van der Waals surface area contributed by atoms with Crippen LogP contribution in [0.3, 0.4) is 0 Å². The van der Waals surface area contributed by atoms with Crippen LogP contribution in [0.25, 0.3) is 0 Å². The summed E-state index contributed by atoms with van der Waals surface area (Å²) in [6.07, 6.45) is 8.41. The van der Waals surface area contributed by atoms with Gasteiger partial charge in [-0.2, -0.15) is 0 Å². The maximum atomic E-state index is 5.93. The average molecular weight is 227 g/mol. The molecule has 0 radical (unpaired) electrons. The Balaban J connectivity index is 2.35. The number of morpholine rings is 1. The zero-order valence-electron chi connectivity index (χ0n) is 11.3. The molecule has 0 bridgehead atoms. The van der Waals surface area contributed by atoms with E-state index in [4.69, 9.17) is 4.74 Å². The van der Waals surface area contributed by atoms with Crippen LogP contribution < -0.4 is 5.32 Å². The van der Waals surface area contributed by atoms with Gasteiger partial charge in [0.25, 0.3) is 0 Å². The lowest BCUT2D eigenvalue weighted by Crippen LogP contribution is -2.47. The summed E-state index contributed by atoms with van der Waals surface area (Å²) in [7, 11) is 0. The number of hydrogen-bond donors (Lipinski definition) is 1. The van der Waals surface area contributed by atoms with Crippen LogP contribution in [0.2, 0.25) is 0 Å². The molecule has 1 aliphatic heterocycles. The number of ether oxygens (including phenoxy) is 1. The molecule has 2 atom stereocenters. The Morgan fingerprint density at radius 1 is 1.25 bits per heavy atom. The third-order valence-electron chi connectivity index (χ3n) is 4.11. The van der Waals surface area contributed by atoms with Gasteiger partial charge in [-0.05, 0) is 18.3 Å². The molecule has 0 aliphatic carbocycles. The fraction of sp³-hybridized carbons (Fsp3) is 1.00. The third kappa shape index (κ3) is 4.06. The summed E-state index contributed by atoms with van der Waals surface area (Å²) in [6.45, 7) is 9.92. The van der Waals surface area contributed by atoms with Crippen LogP contribution in [-0.4, -0.2) is 25.8 Å². The van der Waals surface area contributed by atoms with Gasteiger partial charge in [0.1, 0.15) is 0 Å². The zero-order valence-corrected chi connectivity index (χ0v) is 11.3. The van der Waals surface area contributed by atoms with Crippen LogP contribution in [0.5, 0.6) is 0 Å². The van der Waals surface area contributed by atoms with Gasteiger partial charge >= 0.3 is 0 Å². The summed E-state index contributed by atoms with van der Waals surface area (Å²) in [6, 6.07) is 0. The Labute approximate surface area is 101 Å². The zero-order chi connectivity index (χ0) is 11.9. The predicted octanol–water partition coefficient (Wildman–Crippen LogP) is 3.36. The molecule has 1 N–H and O–H groups in total. The summed E-state index contributed by atoms with van der Waals surface area (Å²) >= 11 is 0. The number of unbranched alkanes of at least 4 members (excludes halogenated alkanes) is 3. The highest BCUT2D eigenvalue weighted by Gasteiger charge is 2.33. The van der Waals surface area contributed by atoms with Crippen molar-refractivity contribution in [3.05, 3.63) is 0 Å². The highest BCUT2D eigenvalue weighted by molar-refractivity contribution is 4.85. The molecule has 1 fully saturated rings. The van der Waals surface area contributed by atoms with Gasteiger partial charge in [0.05, 0.1) is 12.7 Å². The molecule has 0 aromatic rings. The van der Waals surface area contributed by atoms with Crippen molar-refractivity contribution < 1.29 is 4.74 Å². The minimum Gasteiger partial charge on any atom is -0.375 e. The second-order valence-corrected chi connectivity index (χ2v) is 5.38. The molecular formula is C14H29NO. The Morgan fingerprint density at radius 3 is 2.62 bits per heavy atom. The standard InChI is InChI=1S/C14H29NO/c1-4-6-7-8-9-14(3,5-2)13-12-15-10-11-16-13/h13,15H,4-12H2,1-3H3. The molecule has 0 spiro atoms. The van der Waals surface area contributed by atoms with E-state index in [1.54, 1.807) is 0 Å². The smallest absolute Gasteiger partial charge is 0.0753 e. The maximum Gasteiger partial charge on any atom is 0.0753 e. The van der Waals surface area contributed by atoms with E-state index in [0.717, 1.165) is 19.7 Å². The van der Waals surface area contributed by atoms with E-state index < -0.39 is 0 Å². The van der Waals surface area contributed by atoms with Gasteiger partial charge < -0.3 is 10.1 Å². The molecule has 1 rings (SSSR count). The maximum absolute atomic E-state index is 5.93. The van der Waals surface area contributed by atoms with E-state index in [0.29, 0.717) is 11.5 Å². The third-order valence-corrected chi connectivity index (χ3v) is 4.11. The van der Waals surface area contributed by atoms with Gasteiger partial charge in [0.2, 0.25) is 0 Å². The van der Waals surface area contributed by atoms with Crippen molar-refractivity contribution >= 4 is 0 Å². The Bertz CT molecular complexity index is 178. The van der Waals surface area contributed by atoms with E-state index >= 15 is 0 Å². The molecule has 2 heteroatoms. The number of hydrogen-bond acceptors (Lipinski definition) is 2. The lowest BCUT2D eigenvalue weighted by molar-refractivity contribution is -0.0571. The van der Waals surface area contributed by atoms with E-state index in [-0.39, 0.29) is 0 Å². The van der Waals surface area contributed by atoms with Gasteiger partial charge in [0, 0.05) is 13.1 Å². The largest absolute Gasteiger partial charge is 0.375 e. The van der Waals surface area contributed by atoms with Gasteiger partial charge in [-0.1, -0.05) is 46.5 Å². The predicted molar refractivity (Wildman–Crippen MR) is 69.8 cm³/mol. The Hall–Kier alpha value is -0.0800. The Morgan fingerprint density at radius 2 is 2.06 bits per heavy atom. The van der Waals surface area contributed by atoms with Crippen molar-refractivity contribution in [3.63, 3.8) is 0 Å². The molecule has 1 aliphatic rings. The van der Waals surface area contributed by atoms with E-state index in [1.165, 1.54) is 38.5 Å². The summed E-state index contributed by atoms with van der Waals surface area (Å²) in [5.41, 5.74) is 0.376. The number of rotatable bonds is 7. The second-order valence-electron chi connectivity index (χ2n) is 5.38. The van der Waals surface area contributed by atoms with Crippen molar-refractivity contribution in [1.82, 2.24) is 5.32 Å². The first kappa shape index (κ1) is 14.0. The topological polar surface area (TPSA) is 21.3 Å². The van der Waals surface area contributed by atoms with Crippen LogP contribution >= 0.6 is 0 Å². The molecule has 0 aromatic heterocycles. The first-order chi connectivity index (χ1) is 7.73. The van der Waals surface area contributed by atoms with Crippen LogP contribution in [0, 0.1) is 5.41 Å². The van der Waals surface area contributed by atoms with Gasteiger partial charge in [-0.15, -0.1) is 0 Å². The van der Waals surface area contributed by atoms with E-state index in [2.05, 4.69) is 26.1 Å². The van der Waals surface area contributed by atoms with E-state index in [1.807, 2.05) is 0 Å². The lowest BCUT2D eigenvalue weighted by atomic mass is 9.76. The SMILES string of the molecule is CCCCCCC(C)(CC)C1CNCCO1. The molecule has 2 nitrogen and oxygen atoms in total. The van der Waals surface area contributed by atoms with Crippen LogP contribution in [0.1, 0.15) is 59.3 Å². The lowest BCUT2D eigenvalue weighted by Gasteiger charge is -2.39. The summed E-state index contributed by atoms with van der Waals surface area (Å²) in [4.78, 5) is 0. The molecule has 1 heterocycles. The fourth-order valence-electron chi connectivity index (χ4n) is 2.53. The monoisotopic (exact) mass is 227 g/mol. The summed E-state index contributed by atoms with van der Waals surface area (Å²) in [5.74, 6) is 0. The van der Waals surface area contributed by atoms with Crippen molar-refractivity contribution in [2.24, 2.45) is 5.41 Å². The molecule has 0 amide bonds. The minimum absolute atomic E-state index is 0.376. The van der Waals surface area contributed by atoms with Crippen LogP contribution in [0.4, 0.5) is 0 Å². The summed E-state index contributed by atoms with van der Waals surface area (Å²) < 4.78 is 5.93. The van der Waals surface area contributed by atoms with Crippen LogP contribution in [0.15, 0.2) is 0 Å². The molecule has 16 heavy (non-hydrogen) atoms. The van der Waals surface area contributed by atoms with Gasteiger partial charge in [-0.3, -0.25) is 0 Å². The minimum atomic E-state index is 0.376. The highest BCUT2D eigenvalue weighted by Crippen LogP contribution is 2.34. The quantitative estimate of drug-likeness (QED) is 0.673. The number of nitrogens with one attached hydrogen (secondary N) is 1. The van der Waals surface area contributed by atoms with Crippen molar-refractivity contribution in [1.29, 1.82) is 0 Å². The molecule has 1 saturated heterocycles. The molecule has 96 valence electrons. The van der Waals surface area contributed by atoms with Crippen molar-refractivity contribution in [2.75, 3.05) is 19.7 Å². The normalized spacial score (nSPS) is 25.3. The molecule has 0 saturated carbocycles. The molecule has 0 aromatic carbocycles. The first-order valence-corrected chi connectivity index (χ1v) is 7.05. The second kappa shape index (κ2) is 7.29. The molecule has 2 unspecified atom stereocenters. The van der Waals surface area contributed by atoms with Crippen LogP contribution in [-0.2, 0) is 4.74 Å². The Kier molecular flexibility index (Phi) is 6.37. The fourth-order valence-corrected chi connectivity index (χ4v) is 2.53. The van der Waals surface area contributed by atoms with Gasteiger partial charge in [-0.25, -0.2) is 0 Å². The highest BCUT2D eigenvalue weighted by atomic mass is 16.5. The summed E-state index contributed by atoms with van der Waals surface area (Å²) in [5, 5.41) is 3.45. The van der Waals surface area contributed by atoms with E-state index in [9.17, 15) is 0 Å². The van der Waals surface area contributed by atoms with Crippen molar-refractivity contribution in [3.8, 4) is 0 Å². The van der Waals surface area contributed by atoms with Gasteiger partial charge in [0.15, 0.2) is 0 Å².